The molecule has 26 heavy (non-hydrogen) atoms. The number of nitrogens with zero attached hydrogens (tertiary/aromatic N) is 5. The molecule has 1 aliphatic heterocycles. The van der Waals surface area contributed by atoms with Gasteiger partial charge in [0.1, 0.15) is 11.6 Å². The van der Waals surface area contributed by atoms with Gasteiger partial charge in [0.15, 0.2) is 5.82 Å². The van der Waals surface area contributed by atoms with E-state index in [2.05, 4.69) is 31.7 Å². The number of rotatable bonds is 3. The Morgan fingerprint density at radius 2 is 2.08 bits per heavy atom. The highest BCUT2D eigenvalue weighted by Gasteiger charge is 2.36. The van der Waals surface area contributed by atoms with Gasteiger partial charge in [-0.05, 0) is 25.8 Å². The molecule has 1 aromatic carbocycles. The van der Waals surface area contributed by atoms with Crippen molar-refractivity contribution in [3.05, 3.63) is 53.9 Å². The first-order valence-corrected chi connectivity index (χ1v) is 9.04. The number of fused-ring (bicyclic) bond motifs is 1. The smallest absolute Gasteiger partial charge is 0.255 e. The second-order valence-corrected chi connectivity index (χ2v) is 7.14. The van der Waals surface area contributed by atoms with Gasteiger partial charge in [-0.1, -0.05) is 18.2 Å². The number of amides is 1. The lowest BCUT2D eigenvalue weighted by Gasteiger charge is -2.33. The summed E-state index contributed by atoms with van der Waals surface area (Å²) in [5.41, 5.74) is 1.48. The molecule has 0 saturated heterocycles. The lowest BCUT2D eigenvalue weighted by atomic mass is 10.0. The van der Waals surface area contributed by atoms with E-state index < -0.39 is 0 Å². The molecule has 7 nitrogen and oxygen atoms in total. The van der Waals surface area contributed by atoms with Crippen molar-refractivity contribution in [1.29, 1.82) is 0 Å². The number of carbonyl (C=O) groups excluding carboxylic acids is 1. The van der Waals surface area contributed by atoms with Gasteiger partial charge in [-0.25, -0.2) is 4.98 Å². The molecule has 0 unspecified atom stereocenters. The average molecular weight is 348 g/mol. The Labute approximate surface area is 151 Å². The fourth-order valence-electron chi connectivity index (χ4n) is 3.79. The summed E-state index contributed by atoms with van der Waals surface area (Å²) in [5, 5.41) is 8.76. The highest BCUT2D eigenvalue weighted by molar-refractivity contribution is 6.00. The number of aromatic amines is 1. The van der Waals surface area contributed by atoms with Crippen LogP contribution < -0.4 is 0 Å². The second-order valence-electron chi connectivity index (χ2n) is 7.14. The summed E-state index contributed by atoms with van der Waals surface area (Å²) < 4.78 is 2.24. The summed E-state index contributed by atoms with van der Waals surface area (Å²) in [6, 6.07) is 7.78. The molecule has 1 fully saturated rings. The van der Waals surface area contributed by atoms with Crippen LogP contribution >= 0.6 is 0 Å². The maximum absolute atomic E-state index is 13.3. The quantitative estimate of drug-likeness (QED) is 0.789. The van der Waals surface area contributed by atoms with Crippen molar-refractivity contribution < 1.29 is 4.79 Å². The summed E-state index contributed by atoms with van der Waals surface area (Å²) in [4.78, 5) is 22.5. The number of nitrogens with one attached hydrogen (secondary N) is 1. The van der Waals surface area contributed by atoms with Crippen LogP contribution in [0.4, 0.5) is 0 Å². The van der Waals surface area contributed by atoms with Gasteiger partial charge in [0.25, 0.3) is 5.91 Å². The Kier molecular flexibility index (Phi) is 3.41. The van der Waals surface area contributed by atoms with Crippen LogP contribution in [0, 0.1) is 0 Å². The zero-order valence-electron chi connectivity index (χ0n) is 14.6. The molecule has 1 saturated carbocycles. The van der Waals surface area contributed by atoms with Crippen LogP contribution in [-0.2, 0) is 6.54 Å². The lowest BCUT2D eigenvalue weighted by molar-refractivity contribution is 0.0680. The third kappa shape index (κ3) is 2.42. The van der Waals surface area contributed by atoms with Gasteiger partial charge in [-0.2, -0.15) is 0 Å². The Hall–Kier alpha value is -2.96. The van der Waals surface area contributed by atoms with Crippen LogP contribution in [0.15, 0.2) is 36.7 Å². The van der Waals surface area contributed by atoms with Crippen molar-refractivity contribution in [2.24, 2.45) is 0 Å². The van der Waals surface area contributed by atoms with E-state index in [1.165, 1.54) is 12.8 Å². The van der Waals surface area contributed by atoms with Crippen LogP contribution in [0.2, 0.25) is 0 Å². The normalized spacial score (nSPS) is 19.4. The Balaban J connectivity index is 1.47. The van der Waals surface area contributed by atoms with Crippen molar-refractivity contribution in [3.8, 4) is 11.4 Å². The molecule has 3 aromatic rings. The van der Waals surface area contributed by atoms with Crippen molar-refractivity contribution in [3.63, 3.8) is 0 Å². The van der Waals surface area contributed by atoms with Crippen LogP contribution in [0.5, 0.6) is 0 Å². The predicted molar refractivity (Wildman–Crippen MR) is 95.5 cm³/mol. The van der Waals surface area contributed by atoms with Crippen molar-refractivity contribution >= 4 is 5.91 Å². The molecule has 5 rings (SSSR count). The van der Waals surface area contributed by atoms with E-state index in [9.17, 15) is 4.79 Å². The fraction of sp³-hybridized carbons (Fsp3) is 0.368. The third-order valence-corrected chi connectivity index (χ3v) is 5.19. The van der Waals surface area contributed by atoms with E-state index in [0.29, 0.717) is 30.4 Å². The van der Waals surface area contributed by atoms with E-state index in [1.807, 2.05) is 29.2 Å². The number of carbonyl (C=O) groups is 1. The average Bonchev–Trinajstić information content (AvgIpc) is 3.19. The standard InChI is InChI=1S/C19H20N6O/c1-12-10-24(11-16-22-23-18(25(12)16)13-6-7-13)19(26)15-5-3-2-4-14(15)17-20-8-9-21-17/h2-5,8-9,12-13H,6-7,10-11H2,1H3,(H,20,21)/t12-/m0/s1. The fourth-order valence-corrected chi connectivity index (χ4v) is 3.79. The minimum absolute atomic E-state index is 0.00562. The molecular weight excluding hydrogens is 328 g/mol. The van der Waals surface area contributed by atoms with E-state index in [0.717, 1.165) is 17.2 Å². The number of imidazole rings is 1. The van der Waals surface area contributed by atoms with E-state index in [1.54, 1.807) is 12.4 Å². The SMILES string of the molecule is C[C@H]1CN(C(=O)c2ccccc2-c2ncc[nH]2)Cc2nnc(C3CC3)n21. The van der Waals surface area contributed by atoms with E-state index in [4.69, 9.17) is 0 Å². The van der Waals surface area contributed by atoms with Crippen molar-refractivity contribution in [1.82, 2.24) is 29.6 Å². The summed E-state index contributed by atoms with van der Waals surface area (Å²) in [6.45, 7) is 3.29. The molecule has 2 aliphatic rings. The first-order chi connectivity index (χ1) is 12.7. The monoisotopic (exact) mass is 348 g/mol. The number of aromatic nitrogens is 5. The van der Waals surface area contributed by atoms with Gasteiger partial charge < -0.3 is 14.5 Å². The Bertz CT molecular complexity index is 956. The summed E-state index contributed by atoms with van der Waals surface area (Å²) >= 11 is 0. The second kappa shape index (κ2) is 5.79. The molecule has 0 spiro atoms. The molecule has 0 radical (unpaired) electrons. The minimum Gasteiger partial charge on any atom is -0.345 e. The molecule has 3 heterocycles. The molecule has 1 aliphatic carbocycles. The molecule has 1 atom stereocenters. The van der Waals surface area contributed by atoms with E-state index >= 15 is 0 Å². The third-order valence-electron chi connectivity index (χ3n) is 5.19. The van der Waals surface area contributed by atoms with Crippen molar-refractivity contribution in [2.75, 3.05) is 6.54 Å². The zero-order chi connectivity index (χ0) is 17.7. The highest BCUT2D eigenvalue weighted by atomic mass is 16.2. The number of hydrogen-bond acceptors (Lipinski definition) is 4. The Morgan fingerprint density at radius 1 is 1.23 bits per heavy atom. The lowest BCUT2D eigenvalue weighted by Crippen LogP contribution is -2.41. The minimum atomic E-state index is 0.00562. The van der Waals surface area contributed by atoms with Gasteiger partial charge in [0, 0.05) is 30.4 Å². The highest BCUT2D eigenvalue weighted by Crippen LogP contribution is 2.41. The maximum Gasteiger partial charge on any atom is 0.255 e. The molecule has 7 heteroatoms. The first-order valence-electron chi connectivity index (χ1n) is 9.04. The van der Waals surface area contributed by atoms with Gasteiger partial charge in [0.2, 0.25) is 0 Å². The van der Waals surface area contributed by atoms with E-state index in [-0.39, 0.29) is 11.9 Å². The molecule has 2 aromatic heterocycles. The van der Waals surface area contributed by atoms with Gasteiger partial charge >= 0.3 is 0 Å². The molecule has 1 amide bonds. The predicted octanol–water partition coefficient (Wildman–Crippen LogP) is 2.76. The van der Waals surface area contributed by atoms with Gasteiger partial charge in [-0.3, -0.25) is 4.79 Å². The number of H-pyrrole nitrogens is 1. The van der Waals surface area contributed by atoms with Crippen LogP contribution in [0.25, 0.3) is 11.4 Å². The molecule has 0 bridgehead atoms. The van der Waals surface area contributed by atoms with Crippen LogP contribution in [0.1, 0.15) is 53.7 Å². The topological polar surface area (TPSA) is 79.7 Å². The largest absolute Gasteiger partial charge is 0.345 e. The van der Waals surface area contributed by atoms with Crippen LogP contribution in [-0.4, -0.2) is 42.1 Å². The maximum atomic E-state index is 13.3. The zero-order valence-corrected chi connectivity index (χ0v) is 14.6. The van der Waals surface area contributed by atoms with Crippen LogP contribution in [0.3, 0.4) is 0 Å². The number of hydrogen-bond donors (Lipinski definition) is 1. The molecular formula is C19H20N6O. The molecule has 132 valence electrons. The Morgan fingerprint density at radius 3 is 2.85 bits per heavy atom. The van der Waals surface area contributed by atoms with Gasteiger partial charge in [0.05, 0.1) is 18.2 Å². The summed E-state index contributed by atoms with van der Waals surface area (Å²) in [5.74, 6) is 3.25. The first kappa shape index (κ1) is 15.3. The number of benzene rings is 1. The summed E-state index contributed by atoms with van der Waals surface area (Å²) in [7, 11) is 0. The molecule has 1 N–H and O–H groups in total. The van der Waals surface area contributed by atoms with Gasteiger partial charge in [-0.15, -0.1) is 10.2 Å². The summed E-state index contributed by atoms with van der Waals surface area (Å²) in [6.07, 6.45) is 5.86. The van der Waals surface area contributed by atoms with Crippen molar-refractivity contribution in [2.45, 2.75) is 38.3 Å².